The van der Waals surface area contributed by atoms with Crippen LogP contribution in [0.25, 0.3) is 0 Å². The molecule has 3 heterocycles. The monoisotopic (exact) mass is 339 g/mol. The van der Waals surface area contributed by atoms with E-state index in [4.69, 9.17) is 21.4 Å². The van der Waals surface area contributed by atoms with Crippen LogP contribution in [0.4, 0.5) is 5.82 Å². The molecule has 3 rings (SSSR count). The second-order valence-electron chi connectivity index (χ2n) is 6.15. The summed E-state index contributed by atoms with van der Waals surface area (Å²) in [6, 6.07) is 2.31. The first-order valence-corrected chi connectivity index (χ1v) is 8.45. The number of hydrogen-bond donors (Lipinski definition) is 1. The number of carboxylic acids is 1. The second kappa shape index (κ2) is 7.03. The number of carboxylic acid groups (broad SMARTS) is 1. The van der Waals surface area contributed by atoms with Crippen LogP contribution in [0.3, 0.4) is 0 Å². The molecule has 2 aliphatic heterocycles. The predicted octanol–water partition coefficient (Wildman–Crippen LogP) is 2.12. The minimum atomic E-state index is -1.01. The summed E-state index contributed by atoms with van der Waals surface area (Å²) < 4.78 is 5.77. The highest BCUT2D eigenvalue weighted by molar-refractivity contribution is 6.33. The Morgan fingerprint density at radius 1 is 1.48 bits per heavy atom. The van der Waals surface area contributed by atoms with Crippen LogP contribution in [0.5, 0.6) is 0 Å². The standard InChI is InChI=1S/C16H22ClN3O3/c1-2-3-12-9-23-10-13-8-19(4-5-20(12)13)15-14(17)6-11(7-18-15)16(21)22/h6-7,12-13H,2-5,8-10H2,1H3,(H,21,22)/t12-,13+/m0/s1. The first-order chi connectivity index (χ1) is 11.1. The Kier molecular flexibility index (Phi) is 5.04. The zero-order valence-corrected chi connectivity index (χ0v) is 14.0. The van der Waals surface area contributed by atoms with Crippen molar-refractivity contribution in [3.63, 3.8) is 0 Å². The van der Waals surface area contributed by atoms with Crippen molar-refractivity contribution >= 4 is 23.4 Å². The minimum Gasteiger partial charge on any atom is -0.478 e. The Hall–Kier alpha value is -1.37. The third-order valence-corrected chi connectivity index (χ3v) is 4.89. The van der Waals surface area contributed by atoms with Crippen LogP contribution in [0, 0.1) is 0 Å². The van der Waals surface area contributed by atoms with Gasteiger partial charge in [-0.05, 0) is 12.5 Å². The molecular weight excluding hydrogens is 318 g/mol. The van der Waals surface area contributed by atoms with Crippen LogP contribution in [0.1, 0.15) is 30.1 Å². The van der Waals surface area contributed by atoms with Gasteiger partial charge in [-0.2, -0.15) is 0 Å². The summed E-state index contributed by atoms with van der Waals surface area (Å²) in [6.07, 6.45) is 3.68. The van der Waals surface area contributed by atoms with Gasteiger partial charge in [0.2, 0.25) is 0 Å². The van der Waals surface area contributed by atoms with Gasteiger partial charge in [-0.1, -0.05) is 24.9 Å². The van der Waals surface area contributed by atoms with Crippen LogP contribution in [-0.4, -0.2) is 65.9 Å². The van der Waals surface area contributed by atoms with Gasteiger partial charge in [0.05, 0.1) is 29.8 Å². The molecule has 0 bridgehead atoms. The van der Waals surface area contributed by atoms with Crippen LogP contribution < -0.4 is 4.90 Å². The summed E-state index contributed by atoms with van der Waals surface area (Å²) in [5, 5.41) is 9.40. The Labute approximate surface area is 141 Å². The number of pyridine rings is 1. The Morgan fingerprint density at radius 2 is 2.30 bits per heavy atom. The number of fused-ring (bicyclic) bond motifs is 1. The van der Waals surface area contributed by atoms with Crippen molar-refractivity contribution in [2.45, 2.75) is 31.8 Å². The molecule has 0 aromatic carbocycles. The second-order valence-corrected chi connectivity index (χ2v) is 6.56. The first-order valence-electron chi connectivity index (χ1n) is 8.07. The fourth-order valence-corrected chi connectivity index (χ4v) is 3.78. The number of carbonyl (C=O) groups is 1. The molecule has 1 N–H and O–H groups in total. The van der Waals surface area contributed by atoms with E-state index < -0.39 is 5.97 Å². The van der Waals surface area contributed by atoms with Crippen LogP contribution >= 0.6 is 11.6 Å². The first kappa shape index (κ1) is 16.5. The predicted molar refractivity (Wildman–Crippen MR) is 88.4 cm³/mol. The van der Waals surface area contributed by atoms with Gasteiger partial charge in [-0.15, -0.1) is 0 Å². The van der Waals surface area contributed by atoms with E-state index in [-0.39, 0.29) is 5.56 Å². The minimum absolute atomic E-state index is 0.112. The van der Waals surface area contributed by atoms with E-state index in [0.717, 1.165) is 45.7 Å². The van der Waals surface area contributed by atoms with E-state index in [9.17, 15) is 4.79 Å². The van der Waals surface area contributed by atoms with Gasteiger partial charge in [0.25, 0.3) is 0 Å². The van der Waals surface area contributed by atoms with Crippen molar-refractivity contribution in [2.24, 2.45) is 0 Å². The number of anilines is 1. The zero-order valence-electron chi connectivity index (χ0n) is 13.2. The molecule has 1 aromatic heterocycles. The lowest BCUT2D eigenvalue weighted by molar-refractivity contribution is -0.0558. The highest BCUT2D eigenvalue weighted by Crippen LogP contribution is 2.28. The quantitative estimate of drug-likeness (QED) is 0.906. The van der Waals surface area contributed by atoms with Crippen molar-refractivity contribution in [1.29, 1.82) is 0 Å². The Morgan fingerprint density at radius 3 is 3.00 bits per heavy atom. The maximum Gasteiger partial charge on any atom is 0.337 e. The highest BCUT2D eigenvalue weighted by Gasteiger charge is 2.35. The molecule has 2 atom stereocenters. The maximum absolute atomic E-state index is 11.0. The number of ether oxygens (including phenoxy) is 1. The summed E-state index contributed by atoms with van der Waals surface area (Å²) in [5.41, 5.74) is 0.112. The number of aromatic nitrogens is 1. The van der Waals surface area contributed by atoms with Crippen molar-refractivity contribution in [3.05, 3.63) is 22.8 Å². The molecule has 2 aliphatic rings. The molecule has 126 valence electrons. The van der Waals surface area contributed by atoms with Crippen molar-refractivity contribution in [3.8, 4) is 0 Å². The number of aromatic carboxylic acids is 1. The molecule has 0 radical (unpaired) electrons. The SMILES string of the molecule is CCC[C@H]1COC[C@H]2CN(c3ncc(C(=O)O)cc3Cl)CCN12. The van der Waals surface area contributed by atoms with Gasteiger partial charge in [0.1, 0.15) is 5.82 Å². The summed E-state index contributed by atoms with van der Waals surface area (Å²) in [4.78, 5) is 19.9. The fraction of sp³-hybridized carbons (Fsp3) is 0.625. The van der Waals surface area contributed by atoms with Crippen LogP contribution in [0.2, 0.25) is 5.02 Å². The van der Waals surface area contributed by atoms with E-state index in [1.54, 1.807) is 0 Å². The average molecular weight is 340 g/mol. The fourth-order valence-electron chi connectivity index (χ4n) is 3.49. The van der Waals surface area contributed by atoms with E-state index >= 15 is 0 Å². The lowest BCUT2D eigenvalue weighted by Gasteiger charge is -2.48. The van der Waals surface area contributed by atoms with Crippen molar-refractivity contribution in [2.75, 3.05) is 37.7 Å². The van der Waals surface area contributed by atoms with E-state index in [0.29, 0.717) is 22.9 Å². The number of rotatable bonds is 4. The highest BCUT2D eigenvalue weighted by atomic mass is 35.5. The van der Waals surface area contributed by atoms with Gasteiger partial charge in [-0.25, -0.2) is 9.78 Å². The molecule has 1 aromatic rings. The lowest BCUT2D eigenvalue weighted by atomic mass is 10.0. The molecule has 0 aliphatic carbocycles. The molecule has 2 saturated heterocycles. The van der Waals surface area contributed by atoms with Gasteiger partial charge < -0.3 is 14.7 Å². The number of morpholine rings is 1. The van der Waals surface area contributed by atoms with Gasteiger partial charge >= 0.3 is 5.97 Å². The smallest absolute Gasteiger partial charge is 0.337 e. The van der Waals surface area contributed by atoms with Crippen molar-refractivity contribution in [1.82, 2.24) is 9.88 Å². The maximum atomic E-state index is 11.0. The Balaban J connectivity index is 1.73. The van der Waals surface area contributed by atoms with Gasteiger partial charge in [0, 0.05) is 31.9 Å². The lowest BCUT2D eigenvalue weighted by Crippen LogP contribution is -2.62. The average Bonchev–Trinajstić information content (AvgIpc) is 2.54. The summed E-state index contributed by atoms with van der Waals surface area (Å²) in [7, 11) is 0. The molecular formula is C16H22ClN3O3. The van der Waals surface area contributed by atoms with Crippen LogP contribution in [0.15, 0.2) is 12.3 Å². The van der Waals surface area contributed by atoms with Crippen LogP contribution in [-0.2, 0) is 4.74 Å². The van der Waals surface area contributed by atoms with Crippen molar-refractivity contribution < 1.29 is 14.6 Å². The number of halogens is 1. The zero-order chi connectivity index (χ0) is 16.4. The molecule has 0 spiro atoms. The molecule has 7 heteroatoms. The summed E-state index contributed by atoms with van der Waals surface area (Å²) >= 11 is 6.25. The molecule has 0 unspecified atom stereocenters. The third-order valence-electron chi connectivity index (χ3n) is 4.61. The number of piperazine rings is 1. The van der Waals surface area contributed by atoms with Gasteiger partial charge in [0.15, 0.2) is 0 Å². The normalized spacial score (nSPS) is 25.2. The van der Waals surface area contributed by atoms with E-state index in [1.807, 2.05) is 0 Å². The number of nitrogens with zero attached hydrogens (tertiary/aromatic N) is 3. The molecule has 23 heavy (non-hydrogen) atoms. The summed E-state index contributed by atoms with van der Waals surface area (Å²) in [5.74, 6) is -0.354. The van der Waals surface area contributed by atoms with Gasteiger partial charge in [-0.3, -0.25) is 4.90 Å². The topological polar surface area (TPSA) is 65.9 Å². The van der Waals surface area contributed by atoms with E-state index in [2.05, 4.69) is 21.7 Å². The number of hydrogen-bond acceptors (Lipinski definition) is 5. The summed E-state index contributed by atoms with van der Waals surface area (Å²) in [6.45, 7) is 6.35. The molecule has 0 saturated carbocycles. The largest absolute Gasteiger partial charge is 0.478 e. The molecule has 6 nitrogen and oxygen atoms in total. The van der Waals surface area contributed by atoms with E-state index in [1.165, 1.54) is 12.3 Å². The molecule has 0 amide bonds. The third kappa shape index (κ3) is 3.44. The molecule has 2 fully saturated rings. The Bertz CT molecular complexity index is 582.